The van der Waals surface area contributed by atoms with E-state index in [0.717, 1.165) is 15.7 Å². The zero-order valence-electron chi connectivity index (χ0n) is 20.3. The Balaban J connectivity index is 1.68. The molecule has 0 saturated carbocycles. The highest BCUT2D eigenvalue weighted by Crippen LogP contribution is 2.26. The van der Waals surface area contributed by atoms with Gasteiger partial charge in [-0.05, 0) is 36.4 Å². The first-order valence-corrected chi connectivity index (χ1v) is 12.1. The number of nitrogens with one attached hydrogen (secondary N) is 1. The van der Waals surface area contributed by atoms with E-state index < -0.39 is 49.7 Å². The first-order valence-electron chi connectivity index (χ1n) is 11.4. The second-order valence-electron chi connectivity index (χ2n) is 8.48. The zero-order valence-corrected chi connectivity index (χ0v) is 21.8. The van der Waals surface area contributed by atoms with Crippen LogP contribution < -0.4 is 11.0 Å². The van der Waals surface area contributed by atoms with E-state index in [0.29, 0.717) is 9.59 Å². The molecule has 0 spiro atoms. The van der Waals surface area contributed by atoms with Gasteiger partial charge >= 0.3 is 18.0 Å². The number of hydrogen-bond acceptors (Lipinski definition) is 6. The highest BCUT2D eigenvalue weighted by atomic mass is 35.5. The summed E-state index contributed by atoms with van der Waals surface area (Å²) in [5.41, 5.74) is -1.17. The molecule has 0 bridgehead atoms. The van der Waals surface area contributed by atoms with Gasteiger partial charge in [-0.25, -0.2) is 19.1 Å². The molecule has 2 heterocycles. The number of aliphatic hydroxyl groups is 1. The van der Waals surface area contributed by atoms with E-state index in [1.165, 1.54) is 42.5 Å². The van der Waals surface area contributed by atoms with Crippen molar-refractivity contribution in [3.63, 3.8) is 0 Å². The Hall–Kier alpha value is -3.89. The lowest BCUT2D eigenvalue weighted by molar-refractivity contribution is -0.207. The predicted molar refractivity (Wildman–Crippen MR) is 133 cm³/mol. The SMILES string of the molecule is O=C(NCC(F)(F)F)c1cccc(Cl)c1-n1cnc(Cn2nc(-c3ccc(Cl)cc3)n(C[C@@H](O)C(F)(F)F)c2=O)n1. The molecule has 0 aliphatic heterocycles. The van der Waals surface area contributed by atoms with Crippen LogP contribution in [0.4, 0.5) is 26.3 Å². The molecule has 1 amide bonds. The molecule has 0 aliphatic rings. The number of halogens is 8. The first kappa shape index (κ1) is 30.1. The fourth-order valence-corrected chi connectivity index (χ4v) is 4.00. The largest absolute Gasteiger partial charge is 0.416 e. The van der Waals surface area contributed by atoms with Crippen molar-refractivity contribution in [3.05, 3.63) is 80.7 Å². The van der Waals surface area contributed by atoms with Crippen molar-refractivity contribution in [3.8, 4) is 17.1 Å². The minimum Gasteiger partial charge on any atom is -0.382 e. The molecule has 2 aromatic carbocycles. The van der Waals surface area contributed by atoms with Crippen LogP contribution in [-0.4, -0.2) is 65.1 Å². The maximum atomic E-state index is 13.1. The molecular weight excluding hydrogens is 607 g/mol. The topological polar surface area (TPSA) is 120 Å². The summed E-state index contributed by atoms with van der Waals surface area (Å²) in [6.07, 6.45) is -11.5. The summed E-state index contributed by atoms with van der Waals surface area (Å²) in [5, 5.41) is 19.8. The van der Waals surface area contributed by atoms with Crippen LogP contribution in [0.3, 0.4) is 0 Å². The van der Waals surface area contributed by atoms with E-state index in [-0.39, 0.29) is 33.5 Å². The van der Waals surface area contributed by atoms with Gasteiger partial charge in [-0.2, -0.15) is 26.3 Å². The number of hydrogen-bond donors (Lipinski definition) is 2. The Morgan fingerprint density at radius 3 is 2.34 bits per heavy atom. The predicted octanol–water partition coefficient (Wildman–Crippen LogP) is 3.86. The van der Waals surface area contributed by atoms with Crippen LogP contribution in [0.25, 0.3) is 17.1 Å². The van der Waals surface area contributed by atoms with E-state index in [4.69, 9.17) is 23.2 Å². The average molecular weight is 624 g/mol. The number of para-hydroxylation sites is 1. The summed E-state index contributed by atoms with van der Waals surface area (Å²) in [7, 11) is 0. The molecule has 0 saturated heterocycles. The van der Waals surface area contributed by atoms with Crippen molar-refractivity contribution in [1.82, 2.24) is 34.4 Å². The van der Waals surface area contributed by atoms with Gasteiger partial charge in [0.25, 0.3) is 5.91 Å². The maximum absolute atomic E-state index is 13.1. The fraction of sp³-hybridized carbons (Fsp3) is 0.261. The molecule has 2 aromatic heterocycles. The number of rotatable bonds is 8. The summed E-state index contributed by atoms with van der Waals surface area (Å²) in [4.78, 5) is 29.5. The standard InChI is InChI=1S/C23H17Cl2F6N7O3/c24-13-6-4-12(5-7-13)19-35-37(21(41)36(19)8-16(39)23(29,30)31)9-17-33-11-38(34-17)18-14(2-1-3-15(18)25)20(40)32-10-22(26,27)28/h1-7,11,16,39H,8-10H2,(H,32,40)/t16-/m1/s1. The summed E-state index contributed by atoms with van der Waals surface area (Å²) >= 11 is 12.1. The van der Waals surface area contributed by atoms with Crippen LogP contribution in [0, 0.1) is 0 Å². The number of carbonyl (C=O) groups excluding carboxylic acids is 1. The van der Waals surface area contributed by atoms with Crippen molar-refractivity contribution in [2.45, 2.75) is 31.5 Å². The smallest absolute Gasteiger partial charge is 0.382 e. The van der Waals surface area contributed by atoms with Gasteiger partial charge < -0.3 is 10.4 Å². The quantitative estimate of drug-likeness (QED) is 0.288. The van der Waals surface area contributed by atoms with Gasteiger partial charge in [0.05, 0.1) is 22.8 Å². The number of nitrogens with zero attached hydrogens (tertiary/aromatic N) is 6. The van der Waals surface area contributed by atoms with Gasteiger partial charge in [-0.1, -0.05) is 29.3 Å². The monoisotopic (exact) mass is 623 g/mol. The molecule has 4 rings (SSSR count). The van der Waals surface area contributed by atoms with Gasteiger partial charge in [0, 0.05) is 10.6 Å². The summed E-state index contributed by atoms with van der Waals surface area (Å²) in [6, 6.07) is 9.60. The van der Waals surface area contributed by atoms with Crippen LogP contribution in [0.2, 0.25) is 10.0 Å². The lowest BCUT2D eigenvalue weighted by Crippen LogP contribution is -2.37. The van der Waals surface area contributed by atoms with Crippen molar-refractivity contribution in [2.24, 2.45) is 0 Å². The molecule has 0 aliphatic carbocycles. The second-order valence-corrected chi connectivity index (χ2v) is 9.32. The van der Waals surface area contributed by atoms with E-state index in [1.807, 2.05) is 0 Å². The van der Waals surface area contributed by atoms with Crippen molar-refractivity contribution in [2.75, 3.05) is 6.54 Å². The number of aromatic nitrogens is 6. The Labute approximate surface area is 235 Å². The molecule has 1 atom stereocenters. The average Bonchev–Trinajstić information content (AvgIpc) is 3.47. The summed E-state index contributed by atoms with van der Waals surface area (Å²) in [5.74, 6) is -1.41. The van der Waals surface area contributed by atoms with Crippen LogP contribution in [0.15, 0.2) is 53.6 Å². The molecule has 0 fully saturated rings. The number of carbonyl (C=O) groups is 1. The third kappa shape index (κ3) is 7.07. The summed E-state index contributed by atoms with van der Waals surface area (Å²) in [6.45, 7) is -3.22. The van der Waals surface area contributed by atoms with Crippen LogP contribution >= 0.6 is 23.2 Å². The Morgan fingerprint density at radius 1 is 1.02 bits per heavy atom. The normalized spacial score (nSPS) is 12.9. The van der Waals surface area contributed by atoms with Crippen molar-refractivity contribution < 1.29 is 36.2 Å². The molecule has 218 valence electrons. The maximum Gasteiger partial charge on any atom is 0.416 e. The highest BCUT2D eigenvalue weighted by molar-refractivity contribution is 6.33. The van der Waals surface area contributed by atoms with Gasteiger partial charge in [-0.15, -0.1) is 10.2 Å². The van der Waals surface area contributed by atoms with E-state index in [2.05, 4.69) is 15.2 Å². The minimum atomic E-state index is -5.02. The van der Waals surface area contributed by atoms with E-state index >= 15 is 0 Å². The van der Waals surface area contributed by atoms with Gasteiger partial charge in [0.2, 0.25) is 0 Å². The van der Waals surface area contributed by atoms with Crippen molar-refractivity contribution in [1.29, 1.82) is 0 Å². The minimum absolute atomic E-state index is 0.0614. The molecule has 0 radical (unpaired) electrons. The van der Waals surface area contributed by atoms with Crippen LogP contribution in [0.5, 0.6) is 0 Å². The molecule has 0 unspecified atom stereocenters. The second kappa shape index (κ2) is 11.5. The van der Waals surface area contributed by atoms with Crippen LogP contribution in [-0.2, 0) is 13.1 Å². The van der Waals surface area contributed by atoms with Gasteiger partial charge in [0.15, 0.2) is 17.8 Å². The van der Waals surface area contributed by atoms with E-state index in [1.54, 1.807) is 5.32 Å². The Kier molecular flexibility index (Phi) is 8.46. The first-order chi connectivity index (χ1) is 19.1. The van der Waals surface area contributed by atoms with E-state index in [9.17, 15) is 41.0 Å². The molecule has 4 aromatic rings. The van der Waals surface area contributed by atoms with Crippen molar-refractivity contribution >= 4 is 29.1 Å². The van der Waals surface area contributed by atoms with Gasteiger partial charge in [-0.3, -0.25) is 9.36 Å². The molecular formula is C23H17Cl2F6N7O3. The summed E-state index contributed by atoms with van der Waals surface area (Å²) < 4.78 is 79.4. The number of benzene rings is 2. The Morgan fingerprint density at radius 2 is 1.71 bits per heavy atom. The van der Waals surface area contributed by atoms with Gasteiger partial charge in [0.1, 0.15) is 19.4 Å². The third-order valence-electron chi connectivity index (χ3n) is 5.50. The number of amides is 1. The number of aliphatic hydroxyl groups excluding tert-OH is 1. The molecule has 2 N–H and O–H groups in total. The lowest BCUT2D eigenvalue weighted by atomic mass is 10.1. The molecule has 10 nitrogen and oxygen atoms in total. The highest BCUT2D eigenvalue weighted by Gasteiger charge is 2.39. The fourth-order valence-electron chi connectivity index (χ4n) is 3.62. The Bertz CT molecular complexity index is 1610. The zero-order chi connectivity index (χ0) is 30.1. The van der Waals surface area contributed by atoms with Crippen LogP contribution in [0.1, 0.15) is 16.2 Å². The molecule has 18 heteroatoms. The lowest BCUT2D eigenvalue weighted by Gasteiger charge is -2.15. The molecule has 41 heavy (non-hydrogen) atoms. The third-order valence-corrected chi connectivity index (χ3v) is 6.06. The number of alkyl halides is 6.